The van der Waals surface area contributed by atoms with Gasteiger partial charge < -0.3 is 30.0 Å². The highest BCUT2D eigenvalue weighted by Gasteiger charge is 2.45. The number of nitrogens with zero attached hydrogens (tertiary/aromatic N) is 6. The minimum absolute atomic E-state index is 0.272. The van der Waals surface area contributed by atoms with Crippen molar-refractivity contribution in [1.29, 1.82) is 0 Å². The summed E-state index contributed by atoms with van der Waals surface area (Å²) in [5.74, 6) is 1.79. The van der Waals surface area contributed by atoms with Crippen LogP contribution in [0.3, 0.4) is 0 Å². The second-order valence-corrected chi connectivity index (χ2v) is 21.1. The van der Waals surface area contributed by atoms with Gasteiger partial charge in [0.25, 0.3) is 11.8 Å². The molecule has 7 atom stereocenters. The molecular weight excluding hydrogens is 851 g/mol. The van der Waals surface area contributed by atoms with Gasteiger partial charge in [-0.2, -0.15) is 0 Å². The predicted molar refractivity (Wildman–Crippen MR) is 266 cm³/mol. The van der Waals surface area contributed by atoms with Crippen molar-refractivity contribution >= 4 is 23.2 Å². The molecule has 4 N–H and O–H groups in total. The van der Waals surface area contributed by atoms with Gasteiger partial charge in [-0.3, -0.25) is 29.6 Å². The lowest BCUT2D eigenvalue weighted by Crippen LogP contribution is -2.58. The van der Waals surface area contributed by atoms with Gasteiger partial charge in [-0.25, -0.2) is 0 Å². The van der Waals surface area contributed by atoms with Gasteiger partial charge in [0, 0.05) is 102 Å². The second-order valence-electron chi connectivity index (χ2n) is 21.1. The number of aromatic hydroxyl groups is 1. The first-order valence-electron chi connectivity index (χ1n) is 26.0. The fourth-order valence-corrected chi connectivity index (χ4v) is 13.5. The number of aliphatic hydroxyl groups is 2. The molecule has 2 amide bonds. The molecule has 0 spiro atoms. The smallest absolute Gasteiger partial charge is 0.262 e. The van der Waals surface area contributed by atoms with Gasteiger partial charge in [0.05, 0.1) is 17.2 Å². The number of amides is 2. The maximum absolute atomic E-state index is 13.5. The lowest BCUT2D eigenvalue weighted by Gasteiger charge is -2.45. The Morgan fingerprint density at radius 2 is 1.22 bits per heavy atom. The van der Waals surface area contributed by atoms with Crippen LogP contribution in [0.1, 0.15) is 113 Å². The number of imide groups is 1. The number of piperazine rings is 2. The topological polar surface area (TPSA) is 126 Å². The fourth-order valence-electron chi connectivity index (χ4n) is 13.5. The van der Waals surface area contributed by atoms with Crippen LogP contribution in [0.2, 0.25) is 0 Å². The van der Waals surface area contributed by atoms with E-state index in [0.717, 1.165) is 76.2 Å². The van der Waals surface area contributed by atoms with E-state index in [0.29, 0.717) is 41.7 Å². The third-order valence-electron chi connectivity index (χ3n) is 17.3. The predicted octanol–water partition coefficient (Wildman–Crippen LogP) is 6.45. The number of rotatable bonds is 10. The first-order valence-corrected chi connectivity index (χ1v) is 26.0. The summed E-state index contributed by atoms with van der Waals surface area (Å²) in [5.41, 5.74) is 8.49. The lowest BCUT2D eigenvalue weighted by molar-refractivity contribution is -0.0413. The summed E-state index contributed by atoms with van der Waals surface area (Å²) in [6.45, 7) is 13.0. The van der Waals surface area contributed by atoms with Crippen LogP contribution >= 0.6 is 0 Å². The van der Waals surface area contributed by atoms with Crippen LogP contribution < -0.4 is 15.1 Å². The minimum atomic E-state index is -1.15. The molecule has 12 heteroatoms. The Morgan fingerprint density at radius 1 is 0.574 bits per heavy atom. The van der Waals surface area contributed by atoms with E-state index >= 15 is 0 Å². The first kappa shape index (κ1) is 45.6. The van der Waals surface area contributed by atoms with Gasteiger partial charge in [-0.15, -0.1) is 0 Å². The van der Waals surface area contributed by atoms with E-state index in [1.165, 1.54) is 104 Å². The van der Waals surface area contributed by atoms with Crippen molar-refractivity contribution in [3.05, 3.63) is 124 Å². The van der Waals surface area contributed by atoms with E-state index in [-0.39, 0.29) is 17.7 Å². The molecule has 360 valence electrons. The Labute approximate surface area is 402 Å². The van der Waals surface area contributed by atoms with Crippen molar-refractivity contribution in [2.75, 3.05) is 88.3 Å². The number of aliphatic hydroxyl groups excluding tert-OH is 2. The summed E-state index contributed by atoms with van der Waals surface area (Å²) < 4.78 is 0. The van der Waals surface area contributed by atoms with Crippen molar-refractivity contribution in [2.24, 2.45) is 11.8 Å². The molecule has 5 fully saturated rings. The summed E-state index contributed by atoms with van der Waals surface area (Å²) in [4.78, 5) is 41.2. The monoisotopic (exact) mass is 922 g/mol. The molecule has 4 saturated heterocycles. The molecular formula is C56H71N7O5. The van der Waals surface area contributed by atoms with Crippen molar-refractivity contribution in [3.63, 3.8) is 0 Å². The van der Waals surface area contributed by atoms with E-state index in [2.05, 4.69) is 90.5 Å². The normalized spacial score (nSPS) is 29.0. The molecule has 68 heavy (non-hydrogen) atoms. The quantitative estimate of drug-likeness (QED) is 0.131. The van der Waals surface area contributed by atoms with Crippen molar-refractivity contribution in [2.45, 2.75) is 101 Å². The van der Waals surface area contributed by atoms with Gasteiger partial charge >= 0.3 is 0 Å². The number of piperidine rings is 2. The van der Waals surface area contributed by atoms with Gasteiger partial charge in [0.2, 0.25) is 0 Å². The van der Waals surface area contributed by atoms with E-state index in [1.807, 2.05) is 24.3 Å². The number of carbonyl (C=O) groups excluding carboxylic acids is 2. The largest absolute Gasteiger partial charge is 0.508 e. The molecule has 0 radical (unpaired) electrons. The first-order chi connectivity index (χ1) is 33.2. The SMILES string of the molecule is O=C1c2ccc(N3CCN(C[C@@H]4CCCC[C@H]4CN4CCN(C5CCN(c6ccc([C@@H]7c8ccc(O)cc8CC[C@@H]7c7ccccc7)cc6)CC5)CC4)CC3)cc2C(=O)N1C1CCC(O)NC1O. The van der Waals surface area contributed by atoms with Crippen molar-refractivity contribution in [1.82, 2.24) is 24.9 Å². The van der Waals surface area contributed by atoms with Crippen LogP contribution in [0, 0.1) is 11.8 Å². The molecule has 7 aliphatic rings. The van der Waals surface area contributed by atoms with Crippen LogP contribution in [-0.4, -0.2) is 150 Å². The van der Waals surface area contributed by atoms with E-state index in [9.17, 15) is 24.9 Å². The average Bonchev–Trinajstić information content (AvgIpc) is 3.62. The minimum Gasteiger partial charge on any atom is -0.508 e. The van der Waals surface area contributed by atoms with Gasteiger partial charge in [0.15, 0.2) is 0 Å². The zero-order valence-electron chi connectivity index (χ0n) is 39.7. The van der Waals surface area contributed by atoms with E-state index in [1.54, 1.807) is 6.07 Å². The molecule has 4 aromatic carbocycles. The molecule has 1 saturated carbocycles. The summed E-state index contributed by atoms with van der Waals surface area (Å²) in [6, 6.07) is 32.0. The number of carbonyl (C=O) groups is 2. The number of benzene rings is 4. The molecule has 5 aliphatic heterocycles. The fraction of sp³-hybridized carbons (Fsp3) is 0.536. The number of phenolic OH excluding ortho intramolecular Hbond substituents is 1. The Balaban J connectivity index is 0.637. The van der Waals surface area contributed by atoms with Crippen LogP contribution in [0.5, 0.6) is 5.75 Å². The summed E-state index contributed by atoms with van der Waals surface area (Å²) in [5, 5.41) is 33.4. The van der Waals surface area contributed by atoms with Crippen molar-refractivity contribution < 1.29 is 24.9 Å². The third kappa shape index (κ3) is 9.32. The molecule has 4 aromatic rings. The molecule has 0 aromatic heterocycles. The lowest BCUT2D eigenvalue weighted by atomic mass is 9.69. The summed E-state index contributed by atoms with van der Waals surface area (Å²) in [7, 11) is 0. The number of aryl methyl sites for hydroxylation is 1. The van der Waals surface area contributed by atoms with Crippen molar-refractivity contribution in [3.8, 4) is 5.75 Å². The number of hydrogen-bond donors (Lipinski definition) is 4. The number of nitrogens with one attached hydrogen (secondary N) is 1. The summed E-state index contributed by atoms with van der Waals surface area (Å²) in [6.07, 6.45) is 8.57. The standard InChI is InChI=1S/C56H71N7O5/c64-46-16-19-48-40(34-46)12-17-47(38-6-2-1-3-7-38)53(48)39-10-13-43(14-11-39)60-24-22-44(23-25-60)61-30-26-58(27-31-61)36-41-8-4-5-9-42(41)37-59-28-32-62(33-29-59)45-15-18-49-50(35-45)56(68)63(55(49)67)51-20-21-52(65)57-54(51)66/h1-3,6-7,10-11,13-16,18-19,34-35,41-42,44,47,51-54,57,64-66H,4-5,8-9,12,17,20-33,36-37H2/t41-,42-,47+,51?,52?,53-,54?/m0/s1. The van der Waals surface area contributed by atoms with Crippen LogP contribution in [0.4, 0.5) is 11.4 Å². The highest BCUT2D eigenvalue weighted by Crippen LogP contribution is 2.47. The highest BCUT2D eigenvalue weighted by atomic mass is 16.3. The molecule has 3 unspecified atom stereocenters. The number of phenols is 1. The third-order valence-corrected chi connectivity index (χ3v) is 17.3. The van der Waals surface area contributed by atoms with Gasteiger partial charge in [-0.1, -0.05) is 61.4 Å². The van der Waals surface area contributed by atoms with E-state index in [4.69, 9.17) is 0 Å². The molecule has 12 nitrogen and oxygen atoms in total. The van der Waals surface area contributed by atoms with Crippen LogP contribution in [0.15, 0.2) is 91.0 Å². The zero-order chi connectivity index (χ0) is 46.3. The maximum Gasteiger partial charge on any atom is 0.262 e. The van der Waals surface area contributed by atoms with Gasteiger partial charge in [-0.05, 0) is 134 Å². The Kier molecular flexibility index (Phi) is 13.3. The number of hydrogen-bond acceptors (Lipinski definition) is 11. The average molecular weight is 922 g/mol. The number of fused-ring (bicyclic) bond motifs is 2. The van der Waals surface area contributed by atoms with Crippen LogP contribution in [0.25, 0.3) is 0 Å². The zero-order valence-corrected chi connectivity index (χ0v) is 39.7. The Morgan fingerprint density at radius 3 is 1.91 bits per heavy atom. The molecule has 11 rings (SSSR count). The maximum atomic E-state index is 13.5. The van der Waals surface area contributed by atoms with Gasteiger partial charge in [0.1, 0.15) is 18.2 Å². The van der Waals surface area contributed by atoms with E-state index < -0.39 is 18.5 Å². The second kappa shape index (κ2) is 19.9. The summed E-state index contributed by atoms with van der Waals surface area (Å²) >= 11 is 0. The molecule has 0 bridgehead atoms. The molecule has 2 aliphatic carbocycles. The number of anilines is 2. The highest BCUT2D eigenvalue weighted by molar-refractivity contribution is 6.22. The Hall–Kier alpha value is -4.82. The van der Waals surface area contributed by atoms with Crippen LogP contribution in [-0.2, 0) is 6.42 Å². The molecule has 5 heterocycles. The Bertz CT molecular complexity index is 2390.